The number of thiophene rings is 1. The predicted molar refractivity (Wildman–Crippen MR) is 169 cm³/mol. The van der Waals surface area contributed by atoms with E-state index in [4.69, 9.17) is 16.3 Å². The molecule has 2 aliphatic heterocycles. The van der Waals surface area contributed by atoms with E-state index in [1.807, 2.05) is 55.4 Å². The molecule has 220 valence electrons. The van der Waals surface area contributed by atoms with Gasteiger partial charge in [0.25, 0.3) is 5.91 Å². The number of likely N-dealkylation sites (N-methyl/N-ethyl adjacent to an activating group) is 1. The molecule has 1 atom stereocenters. The number of amides is 4. The molecule has 43 heavy (non-hydrogen) atoms. The van der Waals surface area contributed by atoms with Crippen LogP contribution in [0.5, 0.6) is 11.5 Å². The van der Waals surface area contributed by atoms with Crippen molar-refractivity contribution in [2.45, 2.75) is 12.5 Å². The first kappa shape index (κ1) is 28.7. The lowest BCUT2D eigenvalue weighted by Gasteiger charge is -2.28. The van der Waals surface area contributed by atoms with Crippen LogP contribution in [0.3, 0.4) is 0 Å². The summed E-state index contributed by atoms with van der Waals surface area (Å²) < 4.78 is 5.89. The van der Waals surface area contributed by atoms with Crippen LogP contribution in [0.25, 0.3) is 10.2 Å². The first-order chi connectivity index (χ1) is 20.8. The summed E-state index contributed by atoms with van der Waals surface area (Å²) >= 11 is 7.78. The average Bonchev–Trinajstić information content (AvgIpc) is 3.60. The quantitative estimate of drug-likeness (QED) is 0.240. The second-order valence-corrected chi connectivity index (χ2v) is 11.9. The molecular weight excluding hydrogens is 588 g/mol. The molecule has 2 aliphatic rings. The van der Waals surface area contributed by atoms with E-state index >= 15 is 0 Å². The highest BCUT2D eigenvalue weighted by Crippen LogP contribution is 2.46. The third-order valence-corrected chi connectivity index (χ3v) is 8.55. The number of ether oxygens (including phenoxy) is 1. The number of nitrogens with one attached hydrogen (secondary N) is 2. The molecule has 0 radical (unpaired) electrons. The smallest absolute Gasteiger partial charge is 0.331 e. The molecule has 2 aromatic carbocycles. The molecule has 0 saturated carbocycles. The van der Waals surface area contributed by atoms with Crippen molar-refractivity contribution in [1.29, 1.82) is 0 Å². The Hall–Kier alpha value is -4.45. The Kier molecular flexibility index (Phi) is 8.02. The fourth-order valence-corrected chi connectivity index (χ4v) is 6.36. The van der Waals surface area contributed by atoms with Crippen LogP contribution in [0.1, 0.15) is 16.1 Å². The van der Waals surface area contributed by atoms with E-state index in [1.54, 1.807) is 41.4 Å². The number of likely N-dealkylation sites (tertiary alicyclic amines) is 1. The first-order valence-corrected chi connectivity index (χ1v) is 14.9. The van der Waals surface area contributed by atoms with Crippen molar-refractivity contribution >= 4 is 68.1 Å². The minimum Gasteiger partial charge on any atom is -0.456 e. The summed E-state index contributed by atoms with van der Waals surface area (Å²) in [5.74, 6) is 0.717. The Balaban J connectivity index is 1.21. The lowest BCUT2D eigenvalue weighted by Crippen LogP contribution is -2.39. The van der Waals surface area contributed by atoms with Gasteiger partial charge < -0.3 is 25.2 Å². The highest BCUT2D eigenvalue weighted by Gasteiger charge is 2.34. The van der Waals surface area contributed by atoms with Crippen molar-refractivity contribution < 1.29 is 19.1 Å². The SMILES string of the molecule is CN(C)C/C=C/C(=O)N1CC[C@@H](NC(=O)c2sc3nccc4c3c2NC(=O)N4c2ccc(Oc3ccccc3)c(Cl)c2)C1. The van der Waals surface area contributed by atoms with Crippen LogP contribution in [0.15, 0.2) is 72.9 Å². The maximum Gasteiger partial charge on any atom is 0.331 e. The topological polar surface area (TPSA) is 107 Å². The standard InChI is InChI=1S/C31H29ClN6O4S/c1-36(2)15-6-9-25(39)37-16-13-19(18-37)34-29(40)28-27-26-23(12-14-33-30(26)43-28)38(31(41)35-27)20-10-11-24(22(32)17-20)42-21-7-4-3-5-8-21/h3-12,14,17,19H,13,15-16,18H2,1-2H3,(H,34,40)(H,35,41)/b9-6+/t19-/m1/s1. The molecular formula is C31H29ClN6O4S. The van der Waals surface area contributed by atoms with Crippen LogP contribution in [-0.4, -0.2) is 72.4 Å². The number of rotatable bonds is 8. The second kappa shape index (κ2) is 12.0. The van der Waals surface area contributed by atoms with Gasteiger partial charge in [0.2, 0.25) is 5.91 Å². The molecule has 1 saturated heterocycles. The summed E-state index contributed by atoms with van der Waals surface area (Å²) in [6, 6.07) is 15.5. The van der Waals surface area contributed by atoms with Crippen molar-refractivity contribution in [3.8, 4) is 11.5 Å². The summed E-state index contributed by atoms with van der Waals surface area (Å²) in [7, 11) is 3.87. The number of aromatic nitrogens is 1. The Bertz CT molecular complexity index is 1740. The number of anilines is 3. The lowest BCUT2D eigenvalue weighted by molar-refractivity contribution is -0.125. The Morgan fingerprint density at radius 3 is 2.79 bits per heavy atom. The van der Waals surface area contributed by atoms with Crippen molar-refractivity contribution in [2.24, 2.45) is 0 Å². The summed E-state index contributed by atoms with van der Waals surface area (Å²) in [5, 5.41) is 6.97. The lowest BCUT2D eigenvalue weighted by atomic mass is 10.1. The molecule has 6 rings (SSSR count). The van der Waals surface area contributed by atoms with Crippen LogP contribution >= 0.6 is 22.9 Å². The zero-order valence-electron chi connectivity index (χ0n) is 23.5. The molecule has 0 spiro atoms. The van der Waals surface area contributed by atoms with Crippen LogP contribution in [-0.2, 0) is 4.79 Å². The summed E-state index contributed by atoms with van der Waals surface area (Å²) in [6.07, 6.45) is 5.66. The van der Waals surface area contributed by atoms with E-state index in [0.29, 0.717) is 74.7 Å². The maximum absolute atomic E-state index is 13.5. The maximum atomic E-state index is 13.5. The molecule has 0 bridgehead atoms. The summed E-state index contributed by atoms with van der Waals surface area (Å²) in [6.45, 7) is 1.66. The molecule has 4 heterocycles. The van der Waals surface area contributed by atoms with Gasteiger partial charge in [-0.1, -0.05) is 35.9 Å². The van der Waals surface area contributed by atoms with E-state index < -0.39 is 6.03 Å². The zero-order valence-corrected chi connectivity index (χ0v) is 25.1. The van der Waals surface area contributed by atoms with Crippen LogP contribution in [0.2, 0.25) is 5.02 Å². The number of nitrogens with zero attached hydrogens (tertiary/aromatic N) is 4. The van der Waals surface area contributed by atoms with Gasteiger partial charge in [0.1, 0.15) is 21.2 Å². The number of carbonyl (C=O) groups excluding carboxylic acids is 3. The van der Waals surface area contributed by atoms with E-state index in [1.165, 1.54) is 16.2 Å². The minimum absolute atomic E-state index is 0.0727. The monoisotopic (exact) mass is 616 g/mol. The number of hydrogen-bond donors (Lipinski definition) is 2. The number of benzene rings is 2. The average molecular weight is 617 g/mol. The number of urea groups is 1. The molecule has 2 aromatic heterocycles. The van der Waals surface area contributed by atoms with E-state index in [9.17, 15) is 14.4 Å². The molecule has 1 fully saturated rings. The van der Waals surface area contributed by atoms with Crippen molar-refractivity contribution in [3.05, 3.63) is 82.8 Å². The van der Waals surface area contributed by atoms with Gasteiger partial charge in [-0.05, 0) is 56.9 Å². The van der Waals surface area contributed by atoms with Crippen LogP contribution in [0.4, 0.5) is 21.9 Å². The Morgan fingerprint density at radius 2 is 2.02 bits per heavy atom. The molecule has 4 aromatic rings. The van der Waals surface area contributed by atoms with Crippen LogP contribution < -0.4 is 20.3 Å². The third kappa shape index (κ3) is 5.92. The second-order valence-electron chi connectivity index (χ2n) is 10.5. The predicted octanol–water partition coefficient (Wildman–Crippen LogP) is 5.87. The van der Waals surface area contributed by atoms with E-state index in [2.05, 4.69) is 15.6 Å². The fourth-order valence-electron chi connectivity index (χ4n) is 5.13. The first-order valence-electron chi connectivity index (χ1n) is 13.7. The van der Waals surface area contributed by atoms with Gasteiger partial charge in [-0.15, -0.1) is 11.3 Å². The molecule has 0 unspecified atom stereocenters. The van der Waals surface area contributed by atoms with Gasteiger partial charge in [-0.25, -0.2) is 9.78 Å². The third-order valence-electron chi connectivity index (χ3n) is 7.16. The zero-order chi connectivity index (χ0) is 30.1. The molecule has 10 nitrogen and oxygen atoms in total. The van der Waals surface area contributed by atoms with E-state index in [0.717, 1.165) is 0 Å². The van der Waals surface area contributed by atoms with Gasteiger partial charge in [0, 0.05) is 37.9 Å². The Morgan fingerprint density at radius 1 is 1.21 bits per heavy atom. The number of halogens is 1. The molecule has 2 N–H and O–H groups in total. The highest BCUT2D eigenvalue weighted by molar-refractivity contribution is 7.21. The van der Waals surface area contributed by atoms with Gasteiger partial charge in [0.05, 0.1) is 27.5 Å². The number of pyridine rings is 1. The normalized spacial score (nSPS) is 16.3. The molecule has 0 aliphatic carbocycles. The van der Waals surface area contributed by atoms with Crippen molar-refractivity contribution in [3.63, 3.8) is 0 Å². The van der Waals surface area contributed by atoms with Gasteiger partial charge >= 0.3 is 6.03 Å². The number of para-hydroxylation sites is 1. The summed E-state index contributed by atoms with van der Waals surface area (Å²) in [5.41, 5.74) is 1.55. The van der Waals surface area contributed by atoms with Gasteiger partial charge in [0.15, 0.2) is 0 Å². The van der Waals surface area contributed by atoms with Crippen molar-refractivity contribution in [2.75, 3.05) is 43.9 Å². The highest BCUT2D eigenvalue weighted by atomic mass is 35.5. The Labute approximate surface area is 257 Å². The number of carbonyl (C=O) groups is 3. The van der Waals surface area contributed by atoms with Crippen LogP contribution in [0, 0.1) is 0 Å². The largest absolute Gasteiger partial charge is 0.456 e. The van der Waals surface area contributed by atoms with Gasteiger partial charge in [-0.3, -0.25) is 14.5 Å². The fraction of sp³-hybridized carbons (Fsp3) is 0.226. The molecule has 4 amide bonds. The number of hydrogen-bond acceptors (Lipinski definition) is 7. The van der Waals surface area contributed by atoms with Crippen molar-refractivity contribution in [1.82, 2.24) is 20.1 Å². The van der Waals surface area contributed by atoms with E-state index in [-0.39, 0.29) is 17.9 Å². The molecule has 12 heteroatoms. The minimum atomic E-state index is -0.428. The van der Waals surface area contributed by atoms with Gasteiger partial charge in [-0.2, -0.15) is 0 Å². The summed E-state index contributed by atoms with van der Waals surface area (Å²) in [4.78, 5) is 50.1.